The smallest absolute Gasteiger partial charge is 0.333 e. The monoisotopic (exact) mass is 518 g/mol. The minimum atomic E-state index is -0.400. The van der Waals surface area contributed by atoms with Gasteiger partial charge in [0.15, 0.2) is 0 Å². The van der Waals surface area contributed by atoms with Crippen molar-refractivity contribution in [3.8, 4) is 11.5 Å². The molecule has 0 N–H and O–H groups in total. The topological polar surface area (TPSA) is 63.2 Å². The molecule has 0 unspecified atom stereocenters. The summed E-state index contributed by atoms with van der Waals surface area (Å²) in [5.41, 5.74) is 4.23. The molecule has 0 aliphatic heterocycles. The van der Waals surface area contributed by atoms with Crippen LogP contribution in [-0.2, 0) is 38.3 Å². The summed E-state index contributed by atoms with van der Waals surface area (Å²) in [4.78, 5) is 11.3. The van der Waals surface area contributed by atoms with Crippen molar-refractivity contribution in [2.75, 3.05) is 46.2 Å². The minimum Gasteiger partial charge on any atom is -0.492 e. The van der Waals surface area contributed by atoms with Crippen molar-refractivity contribution in [1.29, 1.82) is 0 Å². The van der Waals surface area contributed by atoms with Crippen LogP contribution in [0.2, 0.25) is 0 Å². The molecule has 38 heavy (non-hydrogen) atoms. The average Bonchev–Trinajstić information content (AvgIpc) is 2.95. The Morgan fingerprint density at radius 3 is 1.84 bits per heavy atom. The van der Waals surface area contributed by atoms with E-state index in [4.69, 9.17) is 23.7 Å². The van der Waals surface area contributed by atoms with Gasteiger partial charge in [-0.25, -0.2) is 4.79 Å². The molecule has 3 aromatic carbocycles. The lowest BCUT2D eigenvalue weighted by molar-refractivity contribution is -0.140. The fourth-order valence-electron chi connectivity index (χ4n) is 4.70. The van der Waals surface area contributed by atoms with Crippen molar-refractivity contribution in [3.05, 3.63) is 83.4 Å². The molecule has 0 atom stereocenters. The Balaban J connectivity index is 1.31. The zero-order valence-corrected chi connectivity index (χ0v) is 22.3. The van der Waals surface area contributed by atoms with E-state index >= 15 is 0 Å². The van der Waals surface area contributed by atoms with Gasteiger partial charge in [-0.05, 0) is 38.2 Å². The number of hydrogen-bond donors (Lipinski definition) is 0. The molecule has 6 nitrogen and oxygen atoms in total. The summed E-state index contributed by atoms with van der Waals surface area (Å²) in [5, 5.41) is 2.20. The first-order valence-electron chi connectivity index (χ1n) is 13.5. The molecule has 1 aliphatic carbocycles. The summed E-state index contributed by atoms with van der Waals surface area (Å²) in [6.07, 6.45) is 5.20. The van der Waals surface area contributed by atoms with Crippen molar-refractivity contribution >= 4 is 16.7 Å². The molecule has 0 heterocycles. The normalized spacial score (nSPS) is 12.7. The Hall–Kier alpha value is -3.35. The number of carbonyl (C=O) groups is 1. The molecule has 3 aromatic rings. The van der Waals surface area contributed by atoms with Gasteiger partial charge in [-0.15, -0.1) is 0 Å². The second kappa shape index (κ2) is 14.6. The van der Waals surface area contributed by atoms with E-state index in [0.29, 0.717) is 45.2 Å². The number of ether oxygens (including phenoxy) is 5. The Morgan fingerprint density at radius 1 is 0.711 bits per heavy atom. The molecule has 0 aromatic heterocycles. The Morgan fingerprint density at radius 2 is 1.24 bits per heavy atom. The van der Waals surface area contributed by atoms with Crippen LogP contribution in [0.4, 0.5) is 0 Å². The number of rotatable bonds is 15. The van der Waals surface area contributed by atoms with Crippen molar-refractivity contribution in [2.24, 2.45) is 0 Å². The molecule has 0 saturated heterocycles. The van der Waals surface area contributed by atoms with E-state index in [1.165, 1.54) is 16.7 Å². The summed E-state index contributed by atoms with van der Waals surface area (Å²) in [6.45, 7) is 8.15. The third kappa shape index (κ3) is 7.59. The number of hydrogen-bond acceptors (Lipinski definition) is 6. The number of benzene rings is 3. The number of carbonyl (C=O) groups excluding carboxylic acids is 1. The van der Waals surface area contributed by atoms with Crippen LogP contribution in [-0.4, -0.2) is 52.2 Å². The van der Waals surface area contributed by atoms with E-state index in [1.807, 2.05) is 6.07 Å². The van der Waals surface area contributed by atoms with Gasteiger partial charge in [0.1, 0.15) is 24.7 Å². The van der Waals surface area contributed by atoms with Gasteiger partial charge < -0.3 is 23.7 Å². The standard InChI is InChI=1S/C32H38O6/c1-24(2)32(33)38-23-21-35-19-18-34-20-22-37-31-28-14-8-6-12-26(28)30(27-13-7-9-15-29(27)31)36-17-16-25-10-4-3-5-11-25/h3-6,8,10-12,14H,1,7,9,13,15-23H2,2H3. The fourth-order valence-corrected chi connectivity index (χ4v) is 4.70. The van der Waals surface area contributed by atoms with E-state index in [1.54, 1.807) is 6.92 Å². The molecule has 0 bridgehead atoms. The minimum absolute atomic E-state index is 0.207. The van der Waals surface area contributed by atoms with Gasteiger partial charge in [0, 0.05) is 33.9 Å². The molecular weight excluding hydrogens is 480 g/mol. The van der Waals surface area contributed by atoms with Gasteiger partial charge in [0.05, 0.1) is 33.0 Å². The highest BCUT2D eigenvalue weighted by atomic mass is 16.6. The van der Waals surface area contributed by atoms with Crippen molar-refractivity contribution in [3.63, 3.8) is 0 Å². The largest absolute Gasteiger partial charge is 0.492 e. The summed E-state index contributed by atoms with van der Waals surface area (Å²) in [6, 6.07) is 18.8. The quantitative estimate of drug-likeness (QED) is 0.142. The van der Waals surface area contributed by atoms with Crippen LogP contribution >= 0.6 is 0 Å². The van der Waals surface area contributed by atoms with Crippen LogP contribution < -0.4 is 9.47 Å². The molecule has 0 fully saturated rings. The van der Waals surface area contributed by atoms with E-state index in [-0.39, 0.29) is 6.61 Å². The first kappa shape index (κ1) is 27.7. The lowest BCUT2D eigenvalue weighted by atomic mass is 9.87. The van der Waals surface area contributed by atoms with E-state index in [2.05, 4.69) is 55.1 Å². The maximum Gasteiger partial charge on any atom is 0.333 e. The highest BCUT2D eigenvalue weighted by Gasteiger charge is 2.23. The zero-order valence-electron chi connectivity index (χ0n) is 22.3. The summed E-state index contributed by atoms with van der Waals surface area (Å²) < 4.78 is 29.0. The molecule has 6 heteroatoms. The average molecular weight is 519 g/mol. The van der Waals surface area contributed by atoms with Crippen molar-refractivity contribution in [2.45, 2.75) is 39.0 Å². The summed E-state index contributed by atoms with van der Waals surface area (Å²) >= 11 is 0. The molecule has 0 spiro atoms. The van der Waals surface area contributed by atoms with Crippen LogP contribution in [0, 0.1) is 0 Å². The summed E-state index contributed by atoms with van der Waals surface area (Å²) in [7, 11) is 0. The van der Waals surface area contributed by atoms with Crippen LogP contribution in [0.5, 0.6) is 11.5 Å². The van der Waals surface area contributed by atoms with Gasteiger partial charge in [-0.1, -0.05) is 61.2 Å². The molecule has 0 saturated carbocycles. The Labute approximate surface area is 225 Å². The first-order valence-corrected chi connectivity index (χ1v) is 13.5. The molecule has 202 valence electrons. The predicted octanol–water partition coefficient (Wildman–Crippen LogP) is 5.87. The summed E-state index contributed by atoms with van der Waals surface area (Å²) in [5.74, 6) is 1.58. The van der Waals surface area contributed by atoms with Crippen LogP contribution in [0.3, 0.4) is 0 Å². The Bertz CT molecular complexity index is 1200. The van der Waals surface area contributed by atoms with Crippen LogP contribution in [0.25, 0.3) is 10.8 Å². The van der Waals surface area contributed by atoms with Gasteiger partial charge in [0.2, 0.25) is 0 Å². The maximum absolute atomic E-state index is 11.3. The maximum atomic E-state index is 11.3. The van der Waals surface area contributed by atoms with E-state index in [9.17, 15) is 4.79 Å². The number of fused-ring (bicyclic) bond motifs is 2. The number of esters is 1. The van der Waals surface area contributed by atoms with Gasteiger partial charge in [-0.2, -0.15) is 0 Å². The van der Waals surface area contributed by atoms with Crippen LogP contribution in [0.1, 0.15) is 36.5 Å². The van der Waals surface area contributed by atoms with Crippen molar-refractivity contribution in [1.82, 2.24) is 0 Å². The second-order valence-electron chi connectivity index (χ2n) is 9.44. The van der Waals surface area contributed by atoms with Crippen LogP contribution in [0.15, 0.2) is 66.7 Å². The second-order valence-corrected chi connectivity index (χ2v) is 9.44. The SMILES string of the molecule is C=C(C)C(=O)OCCOCCOCCOc1c2c(c(OCCc3ccccc3)c3ccccc13)CCCC2. The third-order valence-corrected chi connectivity index (χ3v) is 6.57. The Kier molecular flexibility index (Phi) is 10.6. The lowest BCUT2D eigenvalue weighted by Crippen LogP contribution is -2.15. The molecule has 4 rings (SSSR count). The first-order chi connectivity index (χ1) is 18.6. The van der Waals surface area contributed by atoms with Gasteiger partial charge >= 0.3 is 5.97 Å². The molecule has 0 amide bonds. The van der Waals surface area contributed by atoms with E-state index in [0.717, 1.165) is 54.4 Å². The fraction of sp³-hybridized carbons (Fsp3) is 0.406. The lowest BCUT2D eigenvalue weighted by Gasteiger charge is -2.25. The van der Waals surface area contributed by atoms with Gasteiger partial charge in [0.25, 0.3) is 0 Å². The molecule has 1 aliphatic rings. The highest BCUT2D eigenvalue weighted by Crippen LogP contribution is 2.44. The van der Waals surface area contributed by atoms with E-state index < -0.39 is 5.97 Å². The van der Waals surface area contributed by atoms with Crippen molar-refractivity contribution < 1.29 is 28.5 Å². The molecule has 0 radical (unpaired) electrons. The predicted molar refractivity (Wildman–Crippen MR) is 149 cm³/mol. The zero-order chi connectivity index (χ0) is 26.6. The van der Waals surface area contributed by atoms with Gasteiger partial charge in [-0.3, -0.25) is 0 Å². The third-order valence-electron chi connectivity index (χ3n) is 6.57. The highest BCUT2D eigenvalue weighted by molar-refractivity contribution is 5.96. The molecular formula is C32H38O6.